The molecule has 138 valence electrons. The van der Waals surface area contributed by atoms with Gasteiger partial charge in [0.25, 0.3) is 10.0 Å². The fourth-order valence-electron chi connectivity index (χ4n) is 2.64. The van der Waals surface area contributed by atoms with E-state index in [9.17, 15) is 13.2 Å². The van der Waals surface area contributed by atoms with E-state index in [0.717, 1.165) is 11.4 Å². The van der Waals surface area contributed by atoms with Crippen LogP contribution in [0.3, 0.4) is 0 Å². The number of carbonyl (C=O) groups excluding carboxylic acids is 1. The van der Waals surface area contributed by atoms with E-state index in [4.69, 9.17) is 0 Å². The van der Waals surface area contributed by atoms with Gasteiger partial charge in [-0.1, -0.05) is 18.2 Å². The summed E-state index contributed by atoms with van der Waals surface area (Å²) in [6.07, 6.45) is 0. The average Bonchev–Trinajstić information content (AvgIpc) is 2.64. The van der Waals surface area contributed by atoms with E-state index >= 15 is 0 Å². The largest absolute Gasteiger partial charge is 0.356 e. The van der Waals surface area contributed by atoms with Crippen molar-refractivity contribution in [1.29, 1.82) is 0 Å². The number of sulfonamides is 1. The van der Waals surface area contributed by atoms with E-state index in [1.165, 1.54) is 6.92 Å². The molecule has 0 fully saturated rings. The molecule has 0 aliphatic heterocycles. The molecule has 0 saturated heterocycles. The first-order valence-electron chi connectivity index (χ1n) is 8.42. The quantitative estimate of drug-likeness (QED) is 0.606. The lowest BCUT2D eigenvalue weighted by molar-refractivity contribution is 0.101. The third-order valence-electron chi connectivity index (χ3n) is 4.10. The van der Waals surface area contributed by atoms with Gasteiger partial charge in [0.05, 0.1) is 4.90 Å². The van der Waals surface area contributed by atoms with Crippen molar-refractivity contribution in [2.24, 2.45) is 0 Å². The summed E-state index contributed by atoms with van der Waals surface area (Å²) < 4.78 is 27.7. The molecule has 0 aliphatic rings. The number of benzene rings is 3. The number of nitrogens with one attached hydrogen (secondary N) is 2. The summed E-state index contributed by atoms with van der Waals surface area (Å²) in [6, 6.07) is 21.0. The maximum absolute atomic E-state index is 12.5. The number of hydrogen-bond donors (Lipinski definition) is 2. The Morgan fingerprint density at radius 1 is 0.778 bits per heavy atom. The van der Waals surface area contributed by atoms with Gasteiger partial charge in [-0.15, -0.1) is 0 Å². The van der Waals surface area contributed by atoms with Crippen molar-refractivity contribution in [3.63, 3.8) is 0 Å². The van der Waals surface area contributed by atoms with Crippen molar-refractivity contribution in [2.45, 2.75) is 18.7 Å². The van der Waals surface area contributed by atoms with Crippen molar-refractivity contribution in [2.75, 3.05) is 10.0 Å². The zero-order valence-corrected chi connectivity index (χ0v) is 15.9. The number of rotatable bonds is 6. The maximum atomic E-state index is 12.5. The molecule has 0 aliphatic carbocycles. The molecule has 0 spiro atoms. The Hall–Kier alpha value is -3.12. The normalized spacial score (nSPS) is 11.0. The summed E-state index contributed by atoms with van der Waals surface area (Å²) in [4.78, 5) is 11.6. The molecule has 5 nitrogen and oxygen atoms in total. The lowest BCUT2D eigenvalue weighted by Gasteiger charge is -2.11. The van der Waals surface area contributed by atoms with Crippen molar-refractivity contribution in [3.05, 3.63) is 83.9 Å². The molecule has 6 heteroatoms. The molecule has 3 aromatic carbocycles. The zero-order valence-electron chi connectivity index (χ0n) is 15.1. The van der Waals surface area contributed by atoms with Crippen LogP contribution >= 0.6 is 0 Å². The summed E-state index contributed by atoms with van der Waals surface area (Å²) in [5.74, 6) is 0.0202. The molecule has 0 radical (unpaired) electrons. The van der Waals surface area contributed by atoms with Crippen LogP contribution in [0.2, 0.25) is 0 Å². The molecular weight excluding hydrogens is 360 g/mol. The van der Waals surface area contributed by atoms with Gasteiger partial charge >= 0.3 is 0 Å². The second-order valence-corrected chi connectivity index (χ2v) is 7.86. The SMILES string of the molecule is CC(=O)c1ccc(Nc2ccc(NS(=O)(=O)c3ccccc3C)cc2)cc1. The smallest absolute Gasteiger partial charge is 0.262 e. The van der Waals surface area contributed by atoms with Gasteiger partial charge in [0.2, 0.25) is 0 Å². The van der Waals surface area contributed by atoms with Crippen molar-refractivity contribution in [1.82, 2.24) is 0 Å². The standard InChI is InChI=1S/C21H20N2O3S/c1-15-5-3-4-6-21(15)27(25,26)23-20-13-11-19(12-14-20)22-18-9-7-17(8-10-18)16(2)24/h3-14,22-23H,1-2H3. The minimum atomic E-state index is -3.63. The fraction of sp³-hybridized carbons (Fsp3) is 0.0952. The predicted octanol–water partition coefficient (Wildman–Crippen LogP) is 4.74. The van der Waals surface area contributed by atoms with Crippen LogP contribution in [0.1, 0.15) is 22.8 Å². The fourth-order valence-corrected chi connectivity index (χ4v) is 3.95. The monoisotopic (exact) mass is 380 g/mol. The topological polar surface area (TPSA) is 75.3 Å². The highest BCUT2D eigenvalue weighted by molar-refractivity contribution is 7.92. The van der Waals surface area contributed by atoms with Crippen LogP contribution in [0, 0.1) is 6.92 Å². The molecule has 0 bridgehead atoms. The van der Waals surface area contributed by atoms with Gasteiger partial charge in [0, 0.05) is 22.6 Å². The first-order valence-corrected chi connectivity index (χ1v) is 9.90. The summed E-state index contributed by atoms with van der Waals surface area (Å²) in [7, 11) is -3.63. The number of anilines is 3. The van der Waals surface area contributed by atoms with E-state index in [1.807, 2.05) is 12.1 Å². The van der Waals surface area contributed by atoms with E-state index in [-0.39, 0.29) is 10.7 Å². The van der Waals surface area contributed by atoms with Crippen LogP contribution in [0.25, 0.3) is 0 Å². The molecule has 0 unspecified atom stereocenters. The molecule has 2 N–H and O–H groups in total. The number of carbonyl (C=O) groups is 1. The lowest BCUT2D eigenvalue weighted by atomic mass is 10.1. The zero-order chi connectivity index (χ0) is 19.4. The molecule has 0 aromatic heterocycles. The molecule has 0 atom stereocenters. The summed E-state index contributed by atoms with van der Waals surface area (Å²) in [5.41, 5.74) is 3.48. The highest BCUT2D eigenvalue weighted by atomic mass is 32.2. The van der Waals surface area contributed by atoms with Crippen LogP contribution in [0.15, 0.2) is 77.7 Å². The molecular formula is C21H20N2O3S. The van der Waals surface area contributed by atoms with Crippen molar-refractivity contribution in [3.8, 4) is 0 Å². The second-order valence-electron chi connectivity index (χ2n) is 6.21. The second kappa shape index (κ2) is 7.63. The Morgan fingerprint density at radius 3 is 1.85 bits per heavy atom. The molecule has 3 aromatic rings. The summed E-state index contributed by atoms with van der Waals surface area (Å²) >= 11 is 0. The van der Waals surface area contributed by atoms with Gasteiger partial charge in [0.15, 0.2) is 5.78 Å². The average molecular weight is 380 g/mol. The molecule has 0 saturated carbocycles. The van der Waals surface area contributed by atoms with E-state index in [1.54, 1.807) is 67.6 Å². The van der Waals surface area contributed by atoms with Gasteiger partial charge in [-0.05, 0) is 74.0 Å². The van der Waals surface area contributed by atoms with E-state index < -0.39 is 10.0 Å². The van der Waals surface area contributed by atoms with Gasteiger partial charge in [-0.3, -0.25) is 9.52 Å². The van der Waals surface area contributed by atoms with Crippen molar-refractivity contribution < 1.29 is 13.2 Å². The summed E-state index contributed by atoms with van der Waals surface area (Å²) in [6.45, 7) is 3.29. The van der Waals surface area contributed by atoms with E-state index in [2.05, 4.69) is 10.0 Å². The first kappa shape index (κ1) is 18.7. The third-order valence-corrected chi connectivity index (χ3v) is 5.64. The van der Waals surface area contributed by atoms with Gasteiger partial charge < -0.3 is 5.32 Å². The Morgan fingerprint density at radius 2 is 1.30 bits per heavy atom. The van der Waals surface area contributed by atoms with Gasteiger partial charge in [-0.2, -0.15) is 0 Å². The van der Waals surface area contributed by atoms with Gasteiger partial charge in [0.1, 0.15) is 0 Å². The predicted molar refractivity (Wildman–Crippen MR) is 108 cm³/mol. The van der Waals surface area contributed by atoms with Gasteiger partial charge in [-0.25, -0.2) is 8.42 Å². The number of hydrogen-bond acceptors (Lipinski definition) is 4. The Bertz CT molecular complexity index is 1060. The van der Waals surface area contributed by atoms with Crippen LogP contribution < -0.4 is 10.0 Å². The van der Waals surface area contributed by atoms with Crippen LogP contribution in [-0.4, -0.2) is 14.2 Å². The minimum Gasteiger partial charge on any atom is -0.356 e. The Kier molecular flexibility index (Phi) is 5.28. The molecule has 27 heavy (non-hydrogen) atoms. The highest BCUT2D eigenvalue weighted by Crippen LogP contribution is 2.22. The van der Waals surface area contributed by atoms with Crippen molar-refractivity contribution >= 4 is 32.9 Å². The minimum absolute atomic E-state index is 0.0202. The molecule has 3 rings (SSSR count). The number of ketones is 1. The van der Waals surface area contributed by atoms with Crippen LogP contribution in [0.5, 0.6) is 0 Å². The lowest BCUT2D eigenvalue weighted by Crippen LogP contribution is -2.14. The maximum Gasteiger partial charge on any atom is 0.262 e. The third kappa shape index (κ3) is 4.54. The Balaban J connectivity index is 1.72. The first-order chi connectivity index (χ1) is 12.8. The molecule has 0 heterocycles. The van der Waals surface area contributed by atoms with Crippen LogP contribution in [0.4, 0.5) is 17.1 Å². The number of aryl methyl sites for hydroxylation is 1. The summed E-state index contributed by atoms with van der Waals surface area (Å²) in [5, 5.41) is 3.21. The van der Waals surface area contributed by atoms with Crippen LogP contribution in [-0.2, 0) is 10.0 Å². The highest BCUT2D eigenvalue weighted by Gasteiger charge is 2.16. The Labute approximate surface area is 159 Å². The molecule has 0 amide bonds. The number of Topliss-reactive ketones (excluding diaryl/α,β-unsaturated/α-hetero) is 1. The van der Waals surface area contributed by atoms with E-state index in [0.29, 0.717) is 16.8 Å².